The van der Waals surface area contributed by atoms with Gasteiger partial charge in [-0.1, -0.05) is 17.7 Å². The minimum atomic E-state index is -0.342. The van der Waals surface area contributed by atoms with Gasteiger partial charge >= 0.3 is 0 Å². The van der Waals surface area contributed by atoms with Gasteiger partial charge in [0.05, 0.1) is 12.1 Å². The van der Waals surface area contributed by atoms with E-state index in [0.717, 1.165) is 0 Å². The molecule has 1 heterocycles. The van der Waals surface area contributed by atoms with Crippen LogP contribution in [0.5, 0.6) is 5.75 Å². The Balaban J connectivity index is 2.17. The summed E-state index contributed by atoms with van der Waals surface area (Å²) in [5.74, 6) is 0.327. The summed E-state index contributed by atoms with van der Waals surface area (Å²) in [7, 11) is 1.57. The van der Waals surface area contributed by atoms with Crippen LogP contribution >= 0.6 is 11.6 Å². The number of amides is 1. The first-order valence-corrected chi connectivity index (χ1v) is 6.20. The van der Waals surface area contributed by atoms with Gasteiger partial charge in [0.2, 0.25) is 0 Å². The quantitative estimate of drug-likeness (QED) is 0.936. The zero-order chi connectivity index (χ0) is 13.8. The number of aryl methyl sites for hydroxylation is 1. The monoisotopic (exact) mass is 279 g/mol. The van der Waals surface area contributed by atoms with Gasteiger partial charge in [-0.3, -0.25) is 9.48 Å². The van der Waals surface area contributed by atoms with Crippen molar-refractivity contribution in [3.05, 3.63) is 41.2 Å². The fourth-order valence-corrected chi connectivity index (χ4v) is 1.84. The Morgan fingerprint density at radius 1 is 1.53 bits per heavy atom. The summed E-state index contributed by atoms with van der Waals surface area (Å²) in [4.78, 5) is 12.1. The van der Waals surface area contributed by atoms with Crippen molar-refractivity contribution in [3.63, 3.8) is 0 Å². The standard InChI is InChI=1S/C13H14ClN3O2/c1-3-17-8-11(14)12(16-17)13(18)15-9-5-4-6-10(7-9)19-2/h4-8H,3H2,1-2H3,(H,15,18). The van der Waals surface area contributed by atoms with Crippen LogP contribution in [-0.2, 0) is 6.54 Å². The predicted molar refractivity (Wildman–Crippen MR) is 73.9 cm³/mol. The van der Waals surface area contributed by atoms with E-state index in [4.69, 9.17) is 16.3 Å². The predicted octanol–water partition coefficient (Wildman–Crippen LogP) is 2.82. The number of halogens is 1. The molecule has 0 unspecified atom stereocenters. The lowest BCUT2D eigenvalue weighted by Crippen LogP contribution is -2.13. The molecule has 1 N–H and O–H groups in total. The SMILES string of the molecule is CCn1cc(Cl)c(C(=O)Nc2cccc(OC)c2)n1. The van der Waals surface area contributed by atoms with Gasteiger partial charge in [-0.05, 0) is 19.1 Å². The molecule has 0 aliphatic heterocycles. The number of hydrogen-bond acceptors (Lipinski definition) is 3. The van der Waals surface area contributed by atoms with Gasteiger partial charge in [-0.15, -0.1) is 0 Å². The zero-order valence-corrected chi connectivity index (χ0v) is 11.4. The smallest absolute Gasteiger partial charge is 0.277 e. The normalized spacial score (nSPS) is 10.3. The molecule has 0 fully saturated rings. The Bertz CT molecular complexity index is 595. The van der Waals surface area contributed by atoms with Crippen molar-refractivity contribution in [3.8, 4) is 5.75 Å². The third-order valence-corrected chi connectivity index (χ3v) is 2.86. The van der Waals surface area contributed by atoms with E-state index in [1.54, 1.807) is 42.3 Å². The van der Waals surface area contributed by atoms with Crippen molar-refractivity contribution in [2.75, 3.05) is 12.4 Å². The molecule has 2 aromatic rings. The van der Waals surface area contributed by atoms with Crippen LogP contribution in [0.25, 0.3) is 0 Å². The molecule has 0 radical (unpaired) electrons. The Morgan fingerprint density at radius 3 is 2.95 bits per heavy atom. The summed E-state index contributed by atoms with van der Waals surface area (Å²) in [5, 5.41) is 7.18. The van der Waals surface area contributed by atoms with Crippen molar-refractivity contribution in [1.29, 1.82) is 0 Å². The maximum atomic E-state index is 12.1. The number of benzene rings is 1. The largest absolute Gasteiger partial charge is 0.497 e. The number of ether oxygens (including phenoxy) is 1. The van der Waals surface area contributed by atoms with E-state index in [2.05, 4.69) is 10.4 Å². The first-order valence-electron chi connectivity index (χ1n) is 5.82. The zero-order valence-electron chi connectivity index (χ0n) is 10.7. The molecular formula is C13H14ClN3O2. The average Bonchev–Trinajstić information content (AvgIpc) is 2.80. The van der Waals surface area contributed by atoms with Crippen LogP contribution in [0.3, 0.4) is 0 Å². The topological polar surface area (TPSA) is 56.2 Å². The number of carbonyl (C=O) groups is 1. The van der Waals surface area contributed by atoms with E-state index >= 15 is 0 Å². The highest BCUT2D eigenvalue weighted by Gasteiger charge is 2.15. The van der Waals surface area contributed by atoms with Crippen LogP contribution in [-0.4, -0.2) is 22.8 Å². The second-order valence-corrected chi connectivity index (χ2v) is 4.27. The molecule has 1 aromatic carbocycles. The molecule has 0 aliphatic rings. The van der Waals surface area contributed by atoms with Crippen molar-refractivity contribution >= 4 is 23.2 Å². The third kappa shape index (κ3) is 3.06. The third-order valence-electron chi connectivity index (χ3n) is 2.58. The summed E-state index contributed by atoms with van der Waals surface area (Å²) in [6.45, 7) is 2.58. The van der Waals surface area contributed by atoms with Crippen molar-refractivity contribution < 1.29 is 9.53 Å². The number of carbonyl (C=O) groups excluding carboxylic acids is 1. The van der Waals surface area contributed by atoms with Gasteiger partial charge in [0.15, 0.2) is 5.69 Å². The summed E-state index contributed by atoms with van der Waals surface area (Å²) in [6, 6.07) is 7.09. The lowest BCUT2D eigenvalue weighted by molar-refractivity contribution is 0.102. The van der Waals surface area contributed by atoms with Crippen molar-refractivity contribution in [2.24, 2.45) is 0 Å². The molecule has 6 heteroatoms. The minimum Gasteiger partial charge on any atom is -0.497 e. The number of nitrogens with one attached hydrogen (secondary N) is 1. The van der Waals surface area contributed by atoms with Gasteiger partial charge in [0, 0.05) is 24.5 Å². The molecule has 0 bridgehead atoms. The molecule has 1 amide bonds. The molecule has 19 heavy (non-hydrogen) atoms. The van der Waals surface area contributed by atoms with Gasteiger partial charge in [-0.25, -0.2) is 0 Å². The van der Waals surface area contributed by atoms with Crippen molar-refractivity contribution in [2.45, 2.75) is 13.5 Å². The van der Waals surface area contributed by atoms with E-state index < -0.39 is 0 Å². The number of rotatable bonds is 4. The Labute approximate surface area is 116 Å². The number of aromatic nitrogens is 2. The van der Waals surface area contributed by atoms with Crippen molar-refractivity contribution in [1.82, 2.24) is 9.78 Å². The minimum absolute atomic E-state index is 0.214. The summed E-state index contributed by atoms with van der Waals surface area (Å²) >= 11 is 5.97. The molecule has 0 spiro atoms. The van der Waals surface area contributed by atoms with Gasteiger partial charge < -0.3 is 10.1 Å². The van der Waals surface area contributed by atoms with E-state index in [1.165, 1.54) is 0 Å². The summed E-state index contributed by atoms with van der Waals surface area (Å²) in [5.41, 5.74) is 0.845. The maximum absolute atomic E-state index is 12.1. The Kier molecular flexibility index (Phi) is 4.06. The first kappa shape index (κ1) is 13.4. The van der Waals surface area contributed by atoms with Gasteiger partial charge in [-0.2, -0.15) is 5.10 Å². The van der Waals surface area contributed by atoms with Crippen LogP contribution in [0.15, 0.2) is 30.5 Å². The summed E-state index contributed by atoms with van der Waals surface area (Å²) < 4.78 is 6.70. The second kappa shape index (κ2) is 5.75. The molecule has 0 saturated heterocycles. The number of anilines is 1. The van der Waals surface area contributed by atoms with Gasteiger partial charge in [0.1, 0.15) is 5.75 Å². The maximum Gasteiger partial charge on any atom is 0.277 e. The van der Waals surface area contributed by atoms with Crippen LogP contribution in [0.1, 0.15) is 17.4 Å². The molecule has 0 aliphatic carbocycles. The van der Waals surface area contributed by atoms with Crippen LogP contribution in [0.4, 0.5) is 5.69 Å². The second-order valence-electron chi connectivity index (χ2n) is 3.87. The van der Waals surface area contributed by atoms with E-state index in [1.807, 2.05) is 6.92 Å². The number of hydrogen-bond donors (Lipinski definition) is 1. The molecule has 5 nitrogen and oxygen atoms in total. The van der Waals surface area contributed by atoms with Crippen LogP contribution in [0, 0.1) is 0 Å². The highest BCUT2D eigenvalue weighted by Crippen LogP contribution is 2.19. The molecule has 1 aromatic heterocycles. The lowest BCUT2D eigenvalue weighted by Gasteiger charge is -2.05. The molecule has 100 valence electrons. The van der Waals surface area contributed by atoms with Gasteiger partial charge in [0.25, 0.3) is 5.91 Å². The lowest BCUT2D eigenvalue weighted by atomic mass is 10.3. The van der Waals surface area contributed by atoms with E-state index in [0.29, 0.717) is 23.0 Å². The van der Waals surface area contributed by atoms with E-state index in [-0.39, 0.29) is 11.6 Å². The molecular weight excluding hydrogens is 266 g/mol. The molecule has 0 saturated carbocycles. The number of methoxy groups -OCH3 is 1. The Morgan fingerprint density at radius 2 is 2.32 bits per heavy atom. The summed E-state index contributed by atoms with van der Waals surface area (Å²) in [6.07, 6.45) is 1.63. The number of nitrogens with zero attached hydrogens (tertiary/aromatic N) is 2. The van der Waals surface area contributed by atoms with Crippen LogP contribution in [0.2, 0.25) is 5.02 Å². The molecule has 2 rings (SSSR count). The first-order chi connectivity index (χ1) is 9.13. The highest BCUT2D eigenvalue weighted by molar-refractivity contribution is 6.34. The average molecular weight is 280 g/mol. The molecule has 0 atom stereocenters. The fraction of sp³-hybridized carbons (Fsp3) is 0.231. The fourth-order valence-electron chi connectivity index (χ4n) is 1.60. The van der Waals surface area contributed by atoms with E-state index in [9.17, 15) is 4.79 Å². The highest BCUT2D eigenvalue weighted by atomic mass is 35.5. The van der Waals surface area contributed by atoms with Crippen LogP contribution < -0.4 is 10.1 Å². The Hall–Kier alpha value is -2.01.